The van der Waals surface area contributed by atoms with Crippen molar-refractivity contribution >= 4 is 15.9 Å². The van der Waals surface area contributed by atoms with Crippen LogP contribution in [0.25, 0.3) is 0 Å². The molecule has 0 aromatic heterocycles. The molecule has 0 aliphatic heterocycles. The number of halogens is 3. The van der Waals surface area contributed by atoms with Gasteiger partial charge in [-0.1, -0.05) is 13.0 Å². The van der Waals surface area contributed by atoms with Crippen LogP contribution in [0.1, 0.15) is 25.0 Å². The minimum Gasteiger partial charge on any atom is -0.388 e. The highest BCUT2D eigenvalue weighted by atomic mass is 79.9. The Hall–Kier alpha value is -0.480. The van der Waals surface area contributed by atoms with E-state index in [0.29, 0.717) is 12.0 Å². The fourth-order valence-corrected chi connectivity index (χ4v) is 1.60. The maximum absolute atomic E-state index is 13.0. The van der Waals surface area contributed by atoms with Crippen molar-refractivity contribution in [3.05, 3.63) is 33.8 Å². The zero-order chi connectivity index (χ0) is 10.0. The Morgan fingerprint density at radius 2 is 2.08 bits per heavy atom. The largest absolute Gasteiger partial charge is 0.388 e. The Bertz CT molecular complexity index is 315. The van der Waals surface area contributed by atoms with E-state index in [2.05, 4.69) is 15.9 Å². The summed E-state index contributed by atoms with van der Waals surface area (Å²) in [7, 11) is 0. The van der Waals surface area contributed by atoms with Crippen molar-refractivity contribution in [2.45, 2.75) is 19.4 Å². The standard InChI is InChI=1S/C9H9BrF2O/c1-2-7(13)5-3-4-6(11)9(12)8(5)10/h3-4,7,13H,2H2,1H3/t7-/m0/s1. The second-order valence-corrected chi connectivity index (χ2v) is 3.48. The third-order valence-corrected chi connectivity index (χ3v) is 2.62. The SMILES string of the molecule is CC[C@H](O)c1ccc(F)c(F)c1Br. The Labute approximate surface area is 83.5 Å². The molecule has 1 atom stereocenters. The molecule has 0 bridgehead atoms. The molecule has 0 saturated heterocycles. The number of aliphatic hydroxyl groups excluding tert-OH is 1. The van der Waals surface area contributed by atoms with Gasteiger partial charge < -0.3 is 5.11 Å². The fraction of sp³-hybridized carbons (Fsp3) is 0.333. The Balaban J connectivity index is 3.18. The maximum Gasteiger partial charge on any atom is 0.173 e. The molecule has 0 fully saturated rings. The fourth-order valence-electron chi connectivity index (χ4n) is 1.02. The molecule has 1 rings (SSSR count). The van der Waals surface area contributed by atoms with Gasteiger partial charge in [-0.05, 0) is 34.0 Å². The van der Waals surface area contributed by atoms with E-state index in [4.69, 9.17) is 0 Å². The van der Waals surface area contributed by atoms with Crippen molar-refractivity contribution in [2.75, 3.05) is 0 Å². The molecule has 1 aromatic carbocycles. The predicted octanol–water partition coefficient (Wildman–Crippen LogP) is 3.17. The van der Waals surface area contributed by atoms with Gasteiger partial charge >= 0.3 is 0 Å². The molecule has 0 aliphatic rings. The van der Waals surface area contributed by atoms with Gasteiger partial charge in [-0.15, -0.1) is 0 Å². The lowest BCUT2D eigenvalue weighted by Gasteiger charge is -2.10. The lowest BCUT2D eigenvalue weighted by atomic mass is 10.1. The van der Waals surface area contributed by atoms with Crippen molar-refractivity contribution < 1.29 is 13.9 Å². The molecule has 0 amide bonds. The average Bonchev–Trinajstić information content (AvgIpc) is 2.13. The van der Waals surface area contributed by atoms with Crippen molar-refractivity contribution in [3.8, 4) is 0 Å². The molecule has 1 N–H and O–H groups in total. The van der Waals surface area contributed by atoms with Crippen LogP contribution in [0.3, 0.4) is 0 Å². The van der Waals surface area contributed by atoms with Gasteiger partial charge in [0.15, 0.2) is 11.6 Å². The molecule has 1 aromatic rings. The number of aliphatic hydroxyl groups is 1. The van der Waals surface area contributed by atoms with Crippen molar-refractivity contribution in [1.82, 2.24) is 0 Å². The summed E-state index contributed by atoms with van der Waals surface area (Å²) in [4.78, 5) is 0. The second kappa shape index (κ2) is 4.15. The highest BCUT2D eigenvalue weighted by molar-refractivity contribution is 9.10. The molecule has 13 heavy (non-hydrogen) atoms. The highest BCUT2D eigenvalue weighted by Crippen LogP contribution is 2.29. The van der Waals surface area contributed by atoms with Gasteiger partial charge in [0, 0.05) is 0 Å². The number of rotatable bonds is 2. The Morgan fingerprint density at radius 1 is 1.46 bits per heavy atom. The summed E-state index contributed by atoms with van der Waals surface area (Å²) in [6.45, 7) is 1.76. The Kier molecular flexibility index (Phi) is 3.39. The molecule has 0 heterocycles. The highest BCUT2D eigenvalue weighted by Gasteiger charge is 2.15. The molecule has 0 radical (unpaired) electrons. The van der Waals surface area contributed by atoms with Crippen LogP contribution in [0.2, 0.25) is 0 Å². The molecule has 72 valence electrons. The van der Waals surface area contributed by atoms with Crippen LogP contribution in [0.15, 0.2) is 16.6 Å². The van der Waals surface area contributed by atoms with Gasteiger partial charge in [-0.2, -0.15) is 0 Å². The lowest BCUT2D eigenvalue weighted by molar-refractivity contribution is 0.172. The zero-order valence-corrected chi connectivity index (χ0v) is 8.61. The lowest BCUT2D eigenvalue weighted by Crippen LogP contribution is -1.99. The van der Waals surface area contributed by atoms with Crippen LogP contribution in [0.4, 0.5) is 8.78 Å². The van der Waals surface area contributed by atoms with Crippen LogP contribution in [-0.4, -0.2) is 5.11 Å². The van der Waals surface area contributed by atoms with E-state index < -0.39 is 17.7 Å². The summed E-state index contributed by atoms with van der Waals surface area (Å²) in [5, 5.41) is 9.41. The van der Waals surface area contributed by atoms with E-state index >= 15 is 0 Å². The van der Waals surface area contributed by atoms with Crippen molar-refractivity contribution in [3.63, 3.8) is 0 Å². The average molecular weight is 251 g/mol. The second-order valence-electron chi connectivity index (χ2n) is 2.69. The minimum absolute atomic E-state index is 0.00171. The summed E-state index contributed by atoms with van der Waals surface area (Å²) < 4.78 is 25.6. The first kappa shape index (κ1) is 10.6. The third-order valence-electron chi connectivity index (χ3n) is 1.81. The third kappa shape index (κ3) is 2.06. The van der Waals surface area contributed by atoms with Gasteiger partial charge in [0.1, 0.15) is 0 Å². The summed E-state index contributed by atoms with van der Waals surface area (Å²) >= 11 is 2.90. The van der Waals surface area contributed by atoms with E-state index in [0.717, 1.165) is 6.07 Å². The smallest absolute Gasteiger partial charge is 0.173 e. The molecule has 0 saturated carbocycles. The van der Waals surface area contributed by atoms with Gasteiger partial charge in [-0.3, -0.25) is 0 Å². The van der Waals surface area contributed by atoms with Gasteiger partial charge in [0.05, 0.1) is 10.6 Å². The van der Waals surface area contributed by atoms with Crippen molar-refractivity contribution in [2.24, 2.45) is 0 Å². The molecule has 1 nitrogen and oxygen atoms in total. The monoisotopic (exact) mass is 250 g/mol. The molecule has 0 spiro atoms. The van der Waals surface area contributed by atoms with E-state index in [1.165, 1.54) is 6.07 Å². The molecule has 0 unspecified atom stereocenters. The number of hydrogen-bond donors (Lipinski definition) is 1. The topological polar surface area (TPSA) is 20.2 Å². The summed E-state index contributed by atoms with van der Waals surface area (Å²) in [6.07, 6.45) is -0.298. The van der Waals surface area contributed by atoms with Crippen LogP contribution in [0, 0.1) is 11.6 Å². The van der Waals surface area contributed by atoms with E-state index in [-0.39, 0.29) is 4.47 Å². The van der Waals surface area contributed by atoms with Gasteiger partial charge in [-0.25, -0.2) is 8.78 Å². The first-order valence-corrected chi connectivity index (χ1v) is 4.68. The summed E-state index contributed by atoms with van der Waals surface area (Å²) in [5.74, 6) is -1.87. The van der Waals surface area contributed by atoms with Crippen LogP contribution >= 0.6 is 15.9 Å². The maximum atomic E-state index is 13.0. The van der Waals surface area contributed by atoms with Crippen LogP contribution < -0.4 is 0 Å². The van der Waals surface area contributed by atoms with E-state index in [9.17, 15) is 13.9 Å². The molecule has 4 heteroatoms. The molecular weight excluding hydrogens is 242 g/mol. The molecular formula is C9H9BrF2O. The number of hydrogen-bond acceptors (Lipinski definition) is 1. The van der Waals surface area contributed by atoms with Gasteiger partial charge in [0.25, 0.3) is 0 Å². The summed E-state index contributed by atoms with van der Waals surface area (Å²) in [6, 6.07) is 2.38. The minimum atomic E-state index is -0.954. The predicted molar refractivity (Wildman–Crippen MR) is 49.3 cm³/mol. The van der Waals surface area contributed by atoms with Crippen LogP contribution in [0.5, 0.6) is 0 Å². The molecule has 0 aliphatic carbocycles. The summed E-state index contributed by atoms with van der Waals surface area (Å²) in [5.41, 5.74) is 0.376. The van der Waals surface area contributed by atoms with Gasteiger partial charge in [0.2, 0.25) is 0 Å². The van der Waals surface area contributed by atoms with Crippen molar-refractivity contribution in [1.29, 1.82) is 0 Å². The van der Waals surface area contributed by atoms with E-state index in [1.807, 2.05) is 0 Å². The Morgan fingerprint density at radius 3 is 2.62 bits per heavy atom. The zero-order valence-electron chi connectivity index (χ0n) is 7.02. The quantitative estimate of drug-likeness (QED) is 0.800. The first-order chi connectivity index (χ1) is 6.07. The van der Waals surface area contributed by atoms with E-state index in [1.54, 1.807) is 6.92 Å². The number of benzene rings is 1. The normalized spacial score (nSPS) is 13.0. The first-order valence-electron chi connectivity index (χ1n) is 3.89. The van der Waals surface area contributed by atoms with Crippen LogP contribution in [-0.2, 0) is 0 Å².